The molecule has 0 bridgehead atoms. The van der Waals surface area contributed by atoms with Gasteiger partial charge in [-0.15, -0.1) is 0 Å². The van der Waals surface area contributed by atoms with E-state index in [2.05, 4.69) is 27.7 Å². The Morgan fingerprint density at radius 3 is 1.95 bits per heavy atom. The van der Waals surface area contributed by atoms with E-state index >= 15 is 0 Å². The molecular weight excluding hydrogens is 287 g/mol. The normalized spacial score (nSPS) is 16.7. The fourth-order valence-electron chi connectivity index (χ4n) is 2.93. The number of unbranched alkanes of at least 4 members (excludes halogenated alkanes) is 2. The molecule has 0 saturated carbocycles. The molecule has 2 N–H and O–H groups in total. The Hall–Kier alpha value is 0.110. The Labute approximate surface area is 130 Å². The minimum Gasteiger partial charge on any atom is -0.303 e. The largest absolute Gasteiger partial charge is 0.469 e. The number of phosphoric ester groups is 1. The van der Waals surface area contributed by atoms with Crippen molar-refractivity contribution in [2.24, 2.45) is 11.8 Å². The van der Waals surface area contributed by atoms with E-state index in [1.807, 2.05) is 0 Å². The molecule has 4 nitrogen and oxygen atoms in total. The van der Waals surface area contributed by atoms with E-state index in [-0.39, 0.29) is 12.0 Å². The minimum absolute atomic E-state index is 0.244. The van der Waals surface area contributed by atoms with Gasteiger partial charge in [0, 0.05) is 0 Å². The Balaban J connectivity index is 4.79. The van der Waals surface area contributed by atoms with Crippen molar-refractivity contribution < 1.29 is 18.9 Å². The smallest absolute Gasteiger partial charge is 0.303 e. The Kier molecular flexibility index (Phi) is 11.7. The lowest BCUT2D eigenvalue weighted by atomic mass is 9.85. The van der Waals surface area contributed by atoms with Crippen LogP contribution in [0.4, 0.5) is 0 Å². The molecule has 0 amide bonds. The lowest BCUT2D eigenvalue weighted by molar-refractivity contribution is 0.0601. The van der Waals surface area contributed by atoms with Crippen LogP contribution in [0, 0.1) is 11.8 Å². The number of hydrogen-bond acceptors (Lipinski definition) is 2. The molecular formula is C16H35O4P. The van der Waals surface area contributed by atoms with E-state index in [0.717, 1.165) is 51.4 Å². The molecule has 0 aromatic carbocycles. The van der Waals surface area contributed by atoms with Crippen molar-refractivity contribution in [3.8, 4) is 0 Å². The van der Waals surface area contributed by atoms with Gasteiger partial charge < -0.3 is 9.79 Å². The summed E-state index contributed by atoms with van der Waals surface area (Å²) in [4.78, 5) is 18.4. The minimum atomic E-state index is -4.41. The van der Waals surface area contributed by atoms with Gasteiger partial charge >= 0.3 is 7.82 Å². The zero-order valence-electron chi connectivity index (χ0n) is 14.3. The molecule has 0 aliphatic rings. The van der Waals surface area contributed by atoms with Crippen molar-refractivity contribution in [2.45, 2.75) is 91.6 Å². The molecule has 0 aromatic heterocycles. The maximum atomic E-state index is 11.3. The Morgan fingerprint density at radius 2 is 1.52 bits per heavy atom. The molecule has 0 spiro atoms. The first kappa shape index (κ1) is 21.1. The van der Waals surface area contributed by atoms with E-state index < -0.39 is 7.82 Å². The van der Waals surface area contributed by atoms with E-state index in [0.29, 0.717) is 5.92 Å². The molecule has 0 radical (unpaired) electrons. The molecule has 128 valence electrons. The van der Waals surface area contributed by atoms with Crippen LogP contribution in [0.25, 0.3) is 0 Å². The van der Waals surface area contributed by atoms with Crippen LogP contribution in [0.1, 0.15) is 85.5 Å². The topological polar surface area (TPSA) is 66.8 Å². The SMILES string of the molecule is CCCCC(CC)CC(OP(=O)(O)O)C(CC)CCCC. The summed E-state index contributed by atoms with van der Waals surface area (Å²) >= 11 is 0. The standard InChI is InChI=1S/C16H35O4P/c1-5-9-11-14(7-3)13-16(20-21(17,18)19)15(8-4)12-10-6-2/h14-16H,5-13H2,1-4H3,(H2,17,18,19). The highest BCUT2D eigenvalue weighted by Crippen LogP contribution is 2.42. The lowest BCUT2D eigenvalue weighted by Crippen LogP contribution is -2.26. The second-order valence-electron chi connectivity index (χ2n) is 6.10. The van der Waals surface area contributed by atoms with Crippen LogP contribution in [0.3, 0.4) is 0 Å². The molecule has 0 aliphatic heterocycles. The van der Waals surface area contributed by atoms with E-state index in [1.165, 1.54) is 6.42 Å². The molecule has 0 aromatic rings. The van der Waals surface area contributed by atoms with Gasteiger partial charge in [-0.1, -0.05) is 72.6 Å². The van der Waals surface area contributed by atoms with Crippen LogP contribution in [-0.4, -0.2) is 15.9 Å². The molecule has 0 saturated heterocycles. The highest BCUT2D eigenvalue weighted by molar-refractivity contribution is 7.46. The molecule has 0 heterocycles. The summed E-state index contributed by atoms with van der Waals surface area (Å²) in [6.45, 7) is 8.55. The summed E-state index contributed by atoms with van der Waals surface area (Å²) in [5, 5.41) is 0. The molecule has 3 unspecified atom stereocenters. The van der Waals surface area contributed by atoms with Gasteiger partial charge in [-0.25, -0.2) is 4.57 Å². The van der Waals surface area contributed by atoms with E-state index in [1.54, 1.807) is 0 Å². The maximum absolute atomic E-state index is 11.3. The van der Waals surface area contributed by atoms with Crippen molar-refractivity contribution in [1.29, 1.82) is 0 Å². The summed E-state index contributed by atoms with van der Waals surface area (Å²) < 4.78 is 16.5. The fraction of sp³-hybridized carbons (Fsp3) is 1.00. The van der Waals surface area contributed by atoms with Gasteiger partial charge in [0.2, 0.25) is 0 Å². The number of rotatable bonds is 13. The predicted molar refractivity (Wildman–Crippen MR) is 88.1 cm³/mol. The number of phosphoric acid groups is 1. The van der Waals surface area contributed by atoms with Crippen molar-refractivity contribution in [3.05, 3.63) is 0 Å². The average molecular weight is 322 g/mol. The summed E-state index contributed by atoms with van der Waals surface area (Å²) in [7, 11) is -4.41. The highest BCUT2D eigenvalue weighted by Gasteiger charge is 2.30. The van der Waals surface area contributed by atoms with Crippen LogP contribution >= 0.6 is 7.82 Å². The van der Waals surface area contributed by atoms with Gasteiger partial charge in [-0.3, -0.25) is 4.52 Å². The second kappa shape index (κ2) is 11.6. The third kappa shape index (κ3) is 10.5. The van der Waals surface area contributed by atoms with Gasteiger partial charge in [0.25, 0.3) is 0 Å². The number of hydrogen-bond donors (Lipinski definition) is 2. The summed E-state index contributed by atoms with van der Waals surface area (Å²) in [5.74, 6) is 0.741. The van der Waals surface area contributed by atoms with Crippen LogP contribution in [0.15, 0.2) is 0 Å². The van der Waals surface area contributed by atoms with Crippen LogP contribution in [0.2, 0.25) is 0 Å². The van der Waals surface area contributed by atoms with Gasteiger partial charge in [0.05, 0.1) is 6.10 Å². The predicted octanol–water partition coefficient (Wildman–Crippen LogP) is 5.29. The third-order valence-electron chi connectivity index (χ3n) is 4.36. The van der Waals surface area contributed by atoms with Gasteiger partial charge in [0.1, 0.15) is 0 Å². The van der Waals surface area contributed by atoms with Gasteiger partial charge in [-0.2, -0.15) is 0 Å². The van der Waals surface area contributed by atoms with Gasteiger partial charge in [0.15, 0.2) is 0 Å². The first-order chi connectivity index (χ1) is 9.87. The van der Waals surface area contributed by atoms with E-state index in [4.69, 9.17) is 4.52 Å². The molecule has 0 fully saturated rings. The Morgan fingerprint density at radius 1 is 0.952 bits per heavy atom. The van der Waals surface area contributed by atoms with Crippen LogP contribution in [-0.2, 0) is 9.09 Å². The van der Waals surface area contributed by atoms with E-state index in [9.17, 15) is 14.4 Å². The quantitative estimate of drug-likeness (QED) is 0.452. The fourth-order valence-corrected chi connectivity index (χ4v) is 3.54. The zero-order valence-corrected chi connectivity index (χ0v) is 15.1. The van der Waals surface area contributed by atoms with Crippen molar-refractivity contribution in [1.82, 2.24) is 0 Å². The summed E-state index contributed by atoms with van der Waals surface area (Å²) in [6.07, 6.45) is 9.05. The lowest BCUT2D eigenvalue weighted by Gasteiger charge is -2.29. The van der Waals surface area contributed by atoms with Gasteiger partial charge in [-0.05, 0) is 24.7 Å². The average Bonchev–Trinajstić information content (AvgIpc) is 2.42. The maximum Gasteiger partial charge on any atom is 0.469 e. The second-order valence-corrected chi connectivity index (χ2v) is 7.29. The third-order valence-corrected chi connectivity index (χ3v) is 4.91. The Bertz CT molecular complexity index is 290. The first-order valence-electron chi connectivity index (χ1n) is 8.61. The van der Waals surface area contributed by atoms with Crippen molar-refractivity contribution >= 4 is 7.82 Å². The molecule has 0 aliphatic carbocycles. The van der Waals surface area contributed by atoms with Crippen molar-refractivity contribution in [2.75, 3.05) is 0 Å². The summed E-state index contributed by atoms with van der Waals surface area (Å²) in [6, 6.07) is 0. The van der Waals surface area contributed by atoms with Crippen molar-refractivity contribution in [3.63, 3.8) is 0 Å². The highest BCUT2D eigenvalue weighted by atomic mass is 31.2. The molecule has 3 atom stereocenters. The van der Waals surface area contributed by atoms with Crippen LogP contribution in [0.5, 0.6) is 0 Å². The molecule has 5 heteroatoms. The molecule has 21 heavy (non-hydrogen) atoms. The first-order valence-corrected chi connectivity index (χ1v) is 10.1. The zero-order chi connectivity index (χ0) is 16.3. The molecule has 0 rings (SSSR count). The summed E-state index contributed by atoms with van der Waals surface area (Å²) in [5.41, 5.74) is 0. The van der Waals surface area contributed by atoms with Crippen LogP contribution < -0.4 is 0 Å². The monoisotopic (exact) mass is 322 g/mol.